The molecular weight excluding hydrogens is 356 g/mol. The van der Waals surface area contributed by atoms with Gasteiger partial charge in [-0.25, -0.2) is 9.59 Å². The van der Waals surface area contributed by atoms with Gasteiger partial charge < -0.3 is 14.6 Å². The van der Waals surface area contributed by atoms with E-state index in [0.717, 1.165) is 11.0 Å². The average Bonchev–Trinajstić information content (AvgIpc) is 2.66. The van der Waals surface area contributed by atoms with Crippen LogP contribution in [0.3, 0.4) is 0 Å². The Hall–Kier alpha value is -3.62. The van der Waals surface area contributed by atoms with Crippen LogP contribution in [0.15, 0.2) is 48.5 Å². The van der Waals surface area contributed by atoms with Crippen molar-refractivity contribution >= 4 is 23.4 Å². The molecule has 0 aliphatic rings. The molecule has 1 unspecified atom stereocenters. The van der Waals surface area contributed by atoms with E-state index in [0.29, 0.717) is 5.56 Å². The molecule has 0 radical (unpaired) electrons. The number of carboxylic acid groups (broad SMARTS) is 1. The van der Waals surface area contributed by atoms with E-state index in [1.54, 1.807) is 30.3 Å². The van der Waals surface area contributed by atoms with Crippen LogP contribution in [0.2, 0.25) is 0 Å². The van der Waals surface area contributed by atoms with Gasteiger partial charge in [-0.3, -0.25) is 15.0 Å². The van der Waals surface area contributed by atoms with Crippen molar-refractivity contribution in [3.05, 3.63) is 64.2 Å². The third kappa shape index (κ3) is 4.72. The zero-order chi connectivity index (χ0) is 20.0. The van der Waals surface area contributed by atoms with Crippen LogP contribution in [-0.4, -0.2) is 35.2 Å². The molecule has 0 saturated carbocycles. The van der Waals surface area contributed by atoms with Gasteiger partial charge in [0, 0.05) is 12.1 Å². The molecule has 9 heteroatoms. The number of carbonyl (C=O) groups excluding carboxylic acids is 1. The molecule has 1 atom stereocenters. The van der Waals surface area contributed by atoms with Crippen LogP contribution in [-0.2, 0) is 16.1 Å². The molecule has 0 saturated heterocycles. The minimum atomic E-state index is -1.40. The van der Waals surface area contributed by atoms with E-state index in [2.05, 4.69) is 0 Å². The van der Waals surface area contributed by atoms with Gasteiger partial charge in [0.1, 0.15) is 24.1 Å². The number of aliphatic carboxylic acids is 1. The fraction of sp³-hybridized carbons (Fsp3) is 0.222. The first-order chi connectivity index (χ1) is 12.8. The van der Waals surface area contributed by atoms with Gasteiger partial charge in [-0.1, -0.05) is 30.3 Å². The lowest BCUT2D eigenvalue weighted by molar-refractivity contribution is -0.384. The molecule has 9 nitrogen and oxygen atoms in total. The van der Waals surface area contributed by atoms with Crippen molar-refractivity contribution in [2.24, 2.45) is 0 Å². The van der Waals surface area contributed by atoms with Crippen LogP contribution < -0.4 is 9.64 Å². The SMILES string of the molecule is COc1ccc([N+](=O)[O-])c(N(C(=O)OCc2ccccc2)C(C)C(=O)O)c1. The van der Waals surface area contributed by atoms with E-state index in [4.69, 9.17) is 9.47 Å². The first-order valence-corrected chi connectivity index (χ1v) is 7.90. The fourth-order valence-electron chi connectivity index (χ4n) is 2.34. The number of benzene rings is 2. The van der Waals surface area contributed by atoms with Crippen LogP contribution in [0, 0.1) is 10.1 Å². The smallest absolute Gasteiger partial charge is 0.415 e. The van der Waals surface area contributed by atoms with Gasteiger partial charge in [-0.15, -0.1) is 0 Å². The number of rotatable bonds is 7. The summed E-state index contributed by atoms with van der Waals surface area (Å²) in [5.41, 5.74) is 0.0155. The number of ether oxygens (including phenoxy) is 2. The molecule has 1 amide bonds. The highest BCUT2D eigenvalue weighted by Gasteiger charge is 2.34. The summed E-state index contributed by atoms with van der Waals surface area (Å²) in [7, 11) is 1.35. The van der Waals surface area contributed by atoms with Gasteiger partial charge in [-0.05, 0) is 18.6 Å². The molecule has 2 rings (SSSR count). The largest absolute Gasteiger partial charge is 0.497 e. The Kier molecular flexibility index (Phi) is 6.32. The van der Waals surface area contributed by atoms with Gasteiger partial charge in [0.2, 0.25) is 0 Å². The lowest BCUT2D eigenvalue weighted by Crippen LogP contribution is -2.44. The molecule has 142 valence electrons. The minimum Gasteiger partial charge on any atom is -0.497 e. The van der Waals surface area contributed by atoms with E-state index >= 15 is 0 Å². The van der Waals surface area contributed by atoms with E-state index in [-0.39, 0.29) is 18.0 Å². The quantitative estimate of drug-likeness (QED) is 0.583. The maximum Gasteiger partial charge on any atom is 0.415 e. The molecule has 2 aromatic rings. The molecule has 1 N–H and O–H groups in total. The number of nitrogens with zero attached hydrogens (tertiary/aromatic N) is 2. The lowest BCUT2D eigenvalue weighted by Gasteiger charge is -2.25. The zero-order valence-corrected chi connectivity index (χ0v) is 14.7. The van der Waals surface area contributed by atoms with Crippen LogP contribution >= 0.6 is 0 Å². The molecule has 27 heavy (non-hydrogen) atoms. The number of nitro groups is 1. The van der Waals surface area contributed by atoms with Crippen molar-refractivity contribution < 1.29 is 29.1 Å². The van der Waals surface area contributed by atoms with Crippen LogP contribution in [0.1, 0.15) is 12.5 Å². The molecule has 0 aliphatic heterocycles. The number of carbonyl (C=O) groups is 2. The predicted molar refractivity (Wildman–Crippen MR) is 95.9 cm³/mol. The van der Waals surface area contributed by atoms with Gasteiger partial charge >= 0.3 is 12.1 Å². The summed E-state index contributed by atoms with van der Waals surface area (Å²) in [6, 6.07) is 11.1. The molecule has 0 fully saturated rings. The Morgan fingerprint density at radius 1 is 1.22 bits per heavy atom. The number of anilines is 1. The van der Waals surface area contributed by atoms with E-state index < -0.39 is 28.7 Å². The van der Waals surface area contributed by atoms with Crippen molar-refractivity contribution in [2.75, 3.05) is 12.0 Å². The molecular formula is C18H18N2O7. The Balaban J connectivity index is 2.41. The second kappa shape index (κ2) is 8.65. The Morgan fingerprint density at radius 3 is 2.44 bits per heavy atom. The molecule has 0 bridgehead atoms. The summed E-state index contributed by atoms with van der Waals surface area (Å²) >= 11 is 0. The van der Waals surface area contributed by atoms with Crippen molar-refractivity contribution in [2.45, 2.75) is 19.6 Å². The van der Waals surface area contributed by atoms with Crippen LogP contribution in [0.4, 0.5) is 16.2 Å². The third-order valence-corrected chi connectivity index (χ3v) is 3.79. The fourth-order valence-corrected chi connectivity index (χ4v) is 2.34. The zero-order valence-electron chi connectivity index (χ0n) is 14.7. The van der Waals surface area contributed by atoms with Gasteiger partial charge in [0.05, 0.1) is 12.0 Å². The molecule has 0 aromatic heterocycles. The van der Waals surface area contributed by atoms with Gasteiger partial charge in [-0.2, -0.15) is 0 Å². The van der Waals surface area contributed by atoms with E-state index in [1.165, 1.54) is 26.2 Å². The van der Waals surface area contributed by atoms with E-state index in [1.807, 2.05) is 0 Å². The number of amides is 1. The minimum absolute atomic E-state index is 0.111. The van der Waals surface area contributed by atoms with Gasteiger partial charge in [0.25, 0.3) is 5.69 Å². The summed E-state index contributed by atoms with van der Waals surface area (Å²) in [6.45, 7) is 1.12. The highest BCUT2D eigenvalue weighted by atomic mass is 16.6. The Bertz CT molecular complexity index is 839. The first-order valence-electron chi connectivity index (χ1n) is 7.90. The maximum absolute atomic E-state index is 12.6. The van der Waals surface area contributed by atoms with Crippen molar-refractivity contribution in [1.82, 2.24) is 0 Å². The predicted octanol–water partition coefficient (Wildman–Crippen LogP) is 3.22. The molecule has 0 spiro atoms. The highest BCUT2D eigenvalue weighted by molar-refractivity contribution is 5.97. The summed E-state index contributed by atoms with van der Waals surface area (Å²) in [6.07, 6.45) is -1.02. The Labute approximate surface area is 154 Å². The highest BCUT2D eigenvalue weighted by Crippen LogP contribution is 2.34. The summed E-state index contributed by atoms with van der Waals surface area (Å²) in [5.74, 6) is -1.11. The lowest BCUT2D eigenvalue weighted by atomic mass is 10.2. The van der Waals surface area contributed by atoms with Crippen molar-refractivity contribution in [1.29, 1.82) is 0 Å². The normalized spacial score (nSPS) is 11.3. The van der Waals surface area contributed by atoms with Crippen LogP contribution in [0.5, 0.6) is 5.75 Å². The van der Waals surface area contributed by atoms with Crippen molar-refractivity contribution in [3.8, 4) is 5.75 Å². The second-order valence-electron chi connectivity index (χ2n) is 5.54. The summed E-state index contributed by atoms with van der Waals surface area (Å²) in [4.78, 5) is 35.5. The first kappa shape index (κ1) is 19.7. The second-order valence-corrected chi connectivity index (χ2v) is 5.54. The standard InChI is InChI=1S/C18H18N2O7/c1-12(17(21)22)19(18(23)27-11-13-6-4-3-5-7-13)16-10-14(26-2)8-9-15(16)20(24)25/h3-10,12H,11H2,1-2H3,(H,21,22). The van der Waals surface area contributed by atoms with Crippen molar-refractivity contribution in [3.63, 3.8) is 0 Å². The van der Waals surface area contributed by atoms with Crippen LogP contribution in [0.25, 0.3) is 0 Å². The number of carboxylic acids is 1. The Morgan fingerprint density at radius 2 is 1.89 bits per heavy atom. The summed E-state index contributed by atoms with van der Waals surface area (Å²) in [5, 5.41) is 20.7. The molecule has 0 heterocycles. The molecule has 2 aromatic carbocycles. The number of nitro benzene ring substituents is 1. The molecule has 0 aliphatic carbocycles. The monoisotopic (exact) mass is 374 g/mol. The topological polar surface area (TPSA) is 119 Å². The average molecular weight is 374 g/mol. The number of hydrogen-bond acceptors (Lipinski definition) is 6. The number of methoxy groups -OCH3 is 1. The number of hydrogen-bond donors (Lipinski definition) is 1. The summed E-state index contributed by atoms with van der Waals surface area (Å²) < 4.78 is 10.2. The van der Waals surface area contributed by atoms with E-state index in [9.17, 15) is 24.8 Å². The van der Waals surface area contributed by atoms with Gasteiger partial charge in [0.15, 0.2) is 0 Å². The maximum atomic E-state index is 12.6. The third-order valence-electron chi connectivity index (χ3n) is 3.79.